The van der Waals surface area contributed by atoms with Gasteiger partial charge in [-0.1, -0.05) is 111 Å². The van der Waals surface area contributed by atoms with Crippen molar-refractivity contribution in [2.75, 3.05) is 0 Å². The molecule has 0 fully saturated rings. The lowest BCUT2D eigenvalue weighted by molar-refractivity contribution is 0.666. The highest BCUT2D eigenvalue weighted by Gasteiger charge is 2.38. The van der Waals surface area contributed by atoms with Crippen LogP contribution in [0.25, 0.3) is 99.7 Å². The third kappa shape index (κ3) is 4.08. The molecule has 3 heterocycles. The van der Waals surface area contributed by atoms with Gasteiger partial charge < -0.3 is 8.83 Å². The van der Waals surface area contributed by atoms with Crippen LogP contribution in [0.3, 0.4) is 0 Å². The number of aromatic nitrogens is 2. The average molecular weight is 655 g/mol. The quantitative estimate of drug-likeness (QED) is 0.190. The van der Waals surface area contributed by atoms with Crippen LogP contribution in [0.2, 0.25) is 0 Å². The zero-order valence-corrected chi connectivity index (χ0v) is 28.1. The first-order valence-electron chi connectivity index (χ1n) is 17.4. The summed E-state index contributed by atoms with van der Waals surface area (Å²) in [6.07, 6.45) is 0. The van der Waals surface area contributed by atoms with Gasteiger partial charge in [-0.3, -0.25) is 0 Å². The second kappa shape index (κ2) is 10.3. The Hall–Kier alpha value is -6.52. The third-order valence-corrected chi connectivity index (χ3v) is 10.9. The number of rotatable bonds is 3. The number of para-hydroxylation sites is 2. The molecule has 0 N–H and O–H groups in total. The minimum atomic E-state index is -0.181. The van der Waals surface area contributed by atoms with Crippen molar-refractivity contribution < 1.29 is 8.83 Å². The molecule has 0 spiro atoms. The van der Waals surface area contributed by atoms with Gasteiger partial charge in [0.2, 0.25) is 0 Å². The Morgan fingerprint density at radius 3 is 1.96 bits per heavy atom. The Morgan fingerprint density at radius 1 is 0.451 bits per heavy atom. The summed E-state index contributed by atoms with van der Waals surface area (Å²) in [4.78, 5) is 10.6. The first-order valence-corrected chi connectivity index (χ1v) is 17.4. The fourth-order valence-electron chi connectivity index (χ4n) is 8.48. The molecule has 0 radical (unpaired) electrons. The van der Waals surface area contributed by atoms with Gasteiger partial charge in [-0.25, -0.2) is 9.97 Å². The van der Waals surface area contributed by atoms with E-state index in [0.29, 0.717) is 5.82 Å². The Labute approximate surface area is 293 Å². The van der Waals surface area contributed by atoms with Crippen LogP contribution < -0.4 is 0 Å². The van der Waals surface area contributed by atoms with Gasteiger partial charge in [0.05, 0.1) is 11.4 Å². The van der Waals surface area contributed by atoms with E-state index in [0.717, 1.165) is 72.0 Å². The summed E-state index contributed by atoms with van der Waals surface area (Å²) in [5.74, 6) is 0.649. The van der Waals surface area contributed by atoms with Crippen molar-refractivity contribution in [2.45, 2.75) is 19.3 Å². The van der Waals surface area contributed by atoms with Gasteiger partial charge in [0.15, 0.2) is 5.82 Å². The molecular weight excluding hydrogens is 625 g/mol. The predicted octanol–water partition coefficient (Wildman–Crippen LogP) is 12.7. The molecule has 51 heavy (non-hydrogen) atoms. The van der Waals surface area contributed by atoms with Crippen molar-refractivity contribution >= 4 is 54.6 Å². The zero-order valence-electron chi connectivity index (χ0n) is 28.1. The smallest absolute Gasteiger partial charge is 0.160 e. The standard InChI is InChI=1S/C47H30N2O2/c1-47(2)37-15-9-14-34(44(37)35-22-18-27-10-3-4-11-30(27)45(35)47)39-26-38(28-20-23-42-36(24-28)32-13-6-8-17-41(32)50-42)48-46(49-39)29-19-21-33-31-12-5-7-16-40(31)51-43(33)25-29/h3-26H,1-2H3. The third-order valence-electron chi connectivity index (χ3n) is 10.9. The molecule has 11 rings (SSSR count). The highest BCUT2D eigenvalue weighted by atomic mass is 16.3. The summed E-state index contributed by atoms with van der Waals surface area (Å²) in [5.41, 5.74) is 13.1. The molecule has 1 aliphatic rings. The van der Waals surface area contributed by atoms with Crippen molar-refractivity contribution in [3.05, 3.63) is 157 Å². The van der Waals surface area contributed by atoms with Gasteiger partial charge in [-0.05, 0) is 81.6 Å². The number of fused-ring (bicyclic) bond motifs is 11. The van der Waals surface area contributed by atoms with Gasteiger partial charge in [0, 0.05) is 43.7 Å². The van der Waals surface area contributed by atoms with Crippen LogP contribution in [-0.4, -0.2) is 9.97 Å². The Morgan fingerprint density at radius 2 is 1.12 bits per heavy atom. The van der Waals surface area contributed by atoms with E-state index in [1.165, 1.54) is 33.0 Å². The molecule has 7 aromatic carbocycles. The van der Waals surface area contributed by atoms with E-state index in [4.69, 9.17) is 18.8 Å². The first-order chi connectivity index (χ1) is 25.0. The summed E-state index contributed by atoms with van der Waals surface area (Å²) < 4.78 is 12.5. The van der Waals surface area contributed by atoms with Crippen LogP contribution in [0.5, 0.6) is 0 Å². The molecule has 3 aromatic heterocycles. The fraction of sp³-hybridized carbons (Fsp3) is 0.0638. The van der Waals surface area contributed by atoms with E-state index < -0.39 is 0 Å². The maximum atomic E-state index is 6.32. The lowest BCUT2D eigenvalue weighted by atomic mass is 9.80. The summed E-state index contributed by atoms with van der Waals surface area (Å²) in [5, 5.41) is 6.89. The molecule has 0 aliphatic heterocycles. The largest absolute Gasteiger partial charge is 0.456 e. The molecule has 0 unspecified atom stereocenters. The maximum absolute atomic E-state index is 6.32. The number of benzene rings is 7. The van der Waals surface area contributed by atoms with Crippen molar-refractivity contribution in [1.82, 2.24) is 9.97 Å². The summed E-state index contributed by atoms with van der Waals surface area (Å²) in [6.45, 7) is 4.69. The van der Waals surface area contributed by atoms with Crippen LogP contribution >= 0.6 is 0 Å². The van der Waals surface area contributed by atoms with E-state index in [1.54, 1.807) is 0 Å². The van der Waals surface area contributed by atoms with Crippen LogP contribution in [0, 0.1) is 0 Å². The molecule has 1 aliphatic carbocycles. The molecule has 0 amide bonds. The van der Waals surface area contributed by atoms with Crippen molar-refractivity contribution in [3.63, 3.8) is 0 Å². The highest BCUT2D eigenvalue weighted by Crippen LogP contribution is 2.54. The minimum absolute atomic E-state index is 0.181. The molecule has 0 saturated carbocycles. The SMILES string of the molecule is CC1(C)c2cccc(-c3cc(-c4ccc5oc6ccccc6c5c4)nc(-c4ccc5c(c4)oc4ccccc45)n3)c2-c2ccc3ccccc3c21. The zero-order chi connectivity index (χ0) is 33.8. The molecule has 4 heteroatoms. The highest BCUT2D eigenvalue weighted by molar-refractivity contribution is 6.07. The monoisotopic (exact) mass is 654 g/mol. The van der Waals surface area contributed by atoms with Gasteiger partial charge >= 0.3 is 0 Å². The van der Waals surface area contributed by atoms with Crippen LogP contribution in [0.15, 0.2) is 154 Å². The van der Waals surface area contributed by atoms with Crippen molar-refractivity contribution in [1.29, 1.82) is 0 Å². The van der Waals surface area contributed by atoms with Gasteiger partial charge in [0.1, 0.15) is 22.3 Å². The van der Waals surface area contributed by atoms with E-state index in [9.17, 15) is 0 Å². The molecular formula is C47H30N2O2. The normalized spacial score (nSPS) is 13.5. The average Bonchev–Trinajstić information content (AvgIpc) is 3.81. The number of hydrogen-bond acceptors (Lipinski definition) is 4. The van der Waals surface area contributed by atoms with Crippen LogP contribution in [0.1, 0.15) is 25.0 Å². The summed E-state index contributed by atoms with van der Waals surface area (Å²) >= 11 is 0. The Kier molecular flexibility index (Phi) is 5.70. The molecule has 240 valence electrons. The van der Waals surface area contributed by atoms with Gasteiger partial charge in [-0.2, -0.15) is 0 Å². The topological polar surface area (TPSA) is 52.1 Å². The molecule has 4 nitrogen and oxygen atoms in total. The van der Waals surface area contributed by atoms with Gasteiger partial charge in [-0.15, -0.1) is 0 Å². The van der Waals surface area contributed by atoms with Crippen LogP contribution in [-0.2, 0) is 5.41 Å². The number of furan rings is 2. The predicted molar refractivity (Wildman–Crippen MR) is 208 cm³/mol. The lowest BCUT2D eigenvalue weighted by Crippen LogP contribution is -2.15. The molecule has 0 saturated heterocycles. The van der Waals surface area contributed by atoms with E-state index >= 15 is 0 Å². The maximum Gasteiger partial charge on any atom is 0.160 e. The molecule has 10 aromatic rings. The van der Waals surface area contributed by atoms with E-state index in [1.807, 2.05) is 30.3 Å². The second-order valence-electron chi connectivity index (χ2n) is 14.1. The van der Waals surface area contributed by atoms with Crippen molar-refractivity contribution in [3.8, 4) is 45.0 Å². The Balaban J connectivity index is 1.17. The van der Waals surface area contributed by atoms with E-state index in [-0.39, 0.29) is 5.41 Å². The van der Waals surface area contributed by atoms with Gasteiger partial charge in [0.25, 0.3) is 0 Å². The fourth-order valence-corrected chi connectivity index (χ4v) is 8.48. The number of hydrogen-bond donors (Lipinski definition) is 0. The van der Waals surface area contributed by atoms with Crippen molar-refractivity contribution in [2.24, 2.45) is 0 Å². The first kappa shape index (κ1) is 28.3. The second-order valence-corrected chi connectivity index (χ2v) is 14.1. The minimum Gasteiger partial charge on any atom is -0.456 e. The number of nitrogens with zero attached hydrogens (tertiary/aromatic N) is 2. The van der Waals surface area contributed by atoms with Crippen LogP contribution in [0.4, 0.5) is 0 Å². The molecule has 0 atom stereocenters. The molecule has 0 bridgehead atoms. The lowest BCUT2D eigenvalue weighted by Gasteiger charge is -2.23. The van der Waals surface area contributed by atoms with E-state index in [2.05, 4.69) is 129 Å². The summed E-state index contributed by atoms with van der Waals surface area (Å²) in [7, 11) is 0. The summed E-state index contributed by atoms with van der Waals surface area (Å²) in [6, 6.07) is 51.1. The Bertz CT molecular complexity index is 3070.